The van der Waals surface area contributed by atoms with Crippen molar-refractivity contribution in [2.45, 2.75) is 13.3 Å². The number of rotatable bonds is 3. The molecule has 0 aliphatic rings. The molecular formula is C11H12BrFO. The lowest BCUT2D eigenvalue weighted by molar-refractivity contribution is 0.329. The van der Waals surface area contributed by atoms with Gasteiger partial charge in [0.15, 0.2) is 0 Å². The van der Waals surface area contributed by atoms with Gasteiger partial charge in [-0.25, -0.2) is 4.39 Å². The van der Waals surface area contributed by atoms with Gasteiger partial charge in [0, 0.05) is 10.0 Å². The highest BCUT2D eigenvalue weighted by Crippen LogP contribution is 2.18. The van der Waals surface area contributed by atoms with Crippen molar-refractivity contribution in [3.63, 3.8) is 0 Å². The van der Waals surface area contributed by atoms with Gasteiger partial charge in [-0.1, -0.05) is 35.0 Å². The van der Waals surface area contributed by atoms with E-state index in [9.17, 15) is 4.39 Å². The third kappa shape index (κ3) is 2.93. The minimum Gasteiger partial charge on any atom is -0.392 e. The molecular weight excluding hydrogens is 247 g/mol. The summed E-state index contributed by atoms with van der Waals surface area (Å²) in [6, 6.07) is 4.88. The molecule has 0 aliphatic carbocycles. The summed E-state index contributed by atoms with van der Waals surface area (Å²) in [5, 5.41) is 8.93. The molecule has 76 valence electrons. The van der Waals surface area contributed by atoms with Gasteiger partial charge in [0.25, 0.3) is 0 Å². The zero-order chi connectivity index (χ0) is 10.6. The lowest BCUT2D eigenvalue weighted by atomic mass is 10.1. The Balaban J connectivity index is 3.02. The van der Waals surface area contributed by atoms with Crippen LogP contribution in [0.1, 0.15) is 18.9 Å². The normalized spacial score (nSPS) is 11.9. The number of halogens is 2. The molecule has 0 saturated heterocycles. The second-order valence-corrected chi connectivity index (χ2v) is 3.90. The molecule has 3 heteroatoms. The first-order chi connectivity index (χ1) is 6.67. The number of hydrogen-bond donors (Lipinski definition) is 1. The summed E-state index contributed by atoms with van der Waals surface area (Å²) < 4.78 is 14.0. The standard InChI is InChI=1S/C11H12BrFO/c1-2-8(7-14)5-9-3-4-10(12)6-11(9)13/h3-6,14H,2,7H2,1H3. The number of aliphatic hydroxyl groups is 1. The molecule has 1 N–H and O–H groups in total. The van der Waals surface area contributed by atoms with E-state index in [2.05, 4.69) is 15.9 Å². The van der Waals surface area contributed by atoms with E-state index >= 15 is 0 Å². The molecule has 0 amide bonds. The molecule has 0 bridgehead atoms. The van der Waals surface area contributed by atoms with E-state index in [0.29, 0.717) is 10.0 Å². The van der Waals surface area contributed by atoms with Crippen LogP contribution in [0.4, 0.5) is 4.39 Å². The lowest BCUT2D eigenvalue weighted by Crippen LogP contribution is -1.90. The van der Waals surface area contributed by atoms with Crippen molar-refractivity contribution in [3.8, 4) is 0 Å². The fraction of sp³-hybridized carbons (Fsp3) is 0.273. The van der Waals surface area contributed by atoms with Gasteiger partial charge in [-0.2, -0.15) is 0 Å². The average molecular weight is 259 g/mol. The topological polar surface area (TPSA) is 20.2 Å². The Bertz CT molecular complexity index is 341. The van der Waals surface area contributed by atoms with Gasteiger partial charge < -0.3 is 5.11 Å². The SMILES string of the molecule is CCC(=Cc1ccc(Br)cc1F)CO. The predicted molar refractivity (Wildman–Crippen MR) is 59.5 cm³/mol. The summed E-state index contributed by atoms with van der Waals surface area (Å²) in [6.07, 6.45) is 2.41. The Labute approximate surface area is 91.4 Å². The van der Waals surface area contributed by atoms with E-state index < -0.39 is 0 Å². The van der Waals surface area contributed by atoms with Crippen LogP contribution in [-0.4, -0.2) is 11.7 Å². The van der Waals surface area contributed by atoms with Crippen LogP contribution in [0.15, 0.2) is 28.2 Å². The molecule has 1 nitrogen and oxygen atoms in total. The molecule has 0 aromatic heterocycles. The van der Waals surface area contributed by atoms with Crippen LogP contribution >= 0.6 is 15.9 Å². The smallest absolute Gasteiger partial charge is 0.131 e. The second kappa shape index (κ2) is 5.27. The van der Waals surface area contributed by atoms with E-state index in [1.54, 1.807) is 18.2 Å². The molecule has 1 rings (SSSR count). The van der Waals surface area contributed by atoms with Gasteiger partial charge >= 0.3 is 0 Å². The molecule has 0 fully saturated rings. The summed E-state index contributed by atoms with van der Waals surface area (Å²) in [5.74, 6) is -0.279. The zero-order valence-corrected chi connectivity index (χ0v) is 9.51. The van der Waals surface area contributed by atoms with Crippen LogP contribution in [0.25, 0.3) is 6.08 Å². The Morgan fingerprint density at radius 3 is 2.79 bits per heavy atom. The molecule has 0 atom stereocenters. The highest BCUT2D eigenvalue weighted by molar-refractivity contribution is 9.10. The van der Waals surface area contributed by atoms with E-state index in [-0.39, 0.29) is 12.4 Å². The molecule has 0 aliphatic heterocycles. The van der Waals surface area contributed by atoms with Gasteiger partial charge in [-0.3, -0.25) is 0 Å². The Hall–Kier alpha value is -0.670. The molecule has 0 spiro atoms. The van der Waals surface area contributed by atoms with Gasteiger partial charge in [0.1, 0.15) is 5.82 Å². The fourth-order valence-corrected chi connectivity index (χ4v) is 1.43. The van der Waals surface area contributed by atoms with Crippen molar-refractivity contribution in [2.24, 2.45) is 0 Å². The van der Waals surface area contributed by atoms with Crippen LogP contribution in [0.5, 0.6) is 0 Å². The van der Waals surface area contributed by atoms with Gasteiger partial charge in [-0.05, 0) is 24.1 Å². The molecule has 1 aromatic rings. The maximum absolute atomic E-state index is 13.3. The van der Waals surface area contributed by atoms with Gasteiger partial charge in [0.2, 0.25) is 0 Å². The third-order valence-corrected chi connectivity index (χ3v) is 2.47. The summed E-state index contributed by atoms with van der Waals surface area (Å²) in [7, 11) is 0. The van der Waals surface area contributed by atoms with E-state index in [4.69, 9.17) is 5.11 Å². The molecule has 0 radical (unpaired) electrons. The van der Waals surface area contributed by atoms with Crippen molar-refractivity contribution < 1.29 is 9.50 Å². The zero-order valence-electron chi connectivity index (χ0n) is 7.93. The number of benzene rings is 1. The summed E-state index contributed by atoms with van der Waals surface area (Å²) >= 11 is 3.19. The average Bonchev–Trinajstić information content (AvgIpc) is 2.17. The summed E-state index contributed by atoms with van der Waals surface area (Å²) in [5.41, 5.74) is 1.34. The first-order valence-electron chi connectivity index (χ1n) is 4.42. The molecule has 0 heterocycles. The van der Waals surface area contributed by atoms with Gasteiger partial charge in [0.05, 0.1) is 6.61 Å². The Morgan fingerprint density at radius 2 is 2.29 bits per heavy atom. The first-order valence-corrected chi connectivity index (χ1v) is 5.22. The van der Waals surface area contributed by atoms with Crippen LogP contribution in [0.3, 0.4) is 0 Å². The largest absolute Gasteiger partial charge is 0.392 e. The highest BCUT2D eigenvalue weighted by Gasteiger charge is 2.01. The number of aliphatic hydroxyl groups excluding tert-OH is 1. The predicted octanol–water partition coefficient (Wildman–Crippen LogP) is 3.37. The molecule has 0 saturated carbocycles. The minimum absolute atomic E-state index is 0.0218. The monoisotopic (exact) mass is 258 g/mol. The minimum atomic E-state index is -0.279. The van der Waals surface area contributed by atoms with E-state index in [1.165, 1.54) is 6.07 Å². The van der Waals surface area contributed by atoms with Crippen LogP contribution in [-0.2, 0) is 0 Å². The van der Waals surface area contributed by atoms with Crippen LogP contribution < -0.4 is 0 Å². The summed E-state index contributed by atoms with van der Waals surface area (Å²) in [4.78, 5) is 0. The maximum atomic E-state index is 13.3. The van der Waals surface area contributed by atoms with Crippen molar-refractivity contribution in [1.29, 1.82) is 0 Å². The third-order valence-electron chi connectivity index (χ3n) is 1.98. The highest BCUT2D eigenvalue weighted by atomic mass is 79.9. The lowest BCUT2D eigenvalue weighted by Gasteiger charge is -2.01. The molecule has 1 aromatic carbocycles. The Morgan fingerprint density at radius 1 is 1.57 bits per heavy atom. The quantitative estimate of drug-likeness (QED) is 0.882. The van der Waals surface area contributed by atoms with E-state index in [1.807, 2.05) is 6.92 Å². The Kier molecular flexibility index (Phi) is 4.29. The van der Waals surface area contributed by atoms with Crippen molar-refractivity contribution >= 4 is 22.0 Å². The summed E-state index contributed by atoms with van der Waals surface area (Å²) in [6.45, 7) is 1.91. The van der Waals surface area contributed by atoms with Crippen molar-refractivity contribution in [3.05, 3.63) is 39.6 Å². The fourth-order valence-electron chi connectivity index (χ4n) is 1.10. The van der Waals surface area contributed by atoms with Crippen molar-refractivity contribution in [1.82, 2.24) is 0 Å². The second-order valence-electron chi connectivity index (χ2n) is 2.98. The van der Waals surface area contributed by atoms with Crippen LogP contribution in [0.2, 0.25) is 0 Å². The van der Waals surface area contributed by atoms with Gasteiger partial charge in [-0.15, -0.1) is 0 Å². The van der Waals surface area contributed by atoms with E-state index in [0.717, 1.165) is 12.0 Å². The maximum Gasteiger partial charge on any atom is 0.131 e. The van der Waals surface area contributed by atoms with Crippen molar-refractivity contribution in [2.75, 3.05) is 6.61 Å². The molecule has 14 heavy (non-hydrogen) atoms. The molecule has 0 unspecified atom stereocenters. The first kappa shape index (κ1) is 11.4. The number of hydrogen-bond acceptors (Lipinski definition) is 1. The van der Waals surface area contributed by atoms with Crippen LogP contribution in [0, 0.1) is 5.82 Å².